The topological polar surface area (TPSA) is 66.9 Å². The molecule has 0 spiro atoms. The molecule has 4 heteroatoms. The quantitative estimate of drug-likeness (QED) is 0.509. The molecule has 0 heterocycles. The van der Waals surface area contributed by atoms with Crippen LogP contribution < -0.4 is 5.73 Å². The minimum atomic E-state index is -0.0103. The van der Waals surface area contributed by atoms with Gasteiger partial charge >= 0.3 is 0 Å². The highest BCUT2D eigenvalue weighted by Gasteiger charge is 2.08. The molecule has 1 aromatic rings. The molecule has 0 amide bonds. The molecule has 1 rings (SSSR count). The number of nitrogen functional groups attached to an aromatic ring is 1. The molecule has 0 bridgehead atoms. The van der Waals surface area contributed by atoms with Gasteiger partial charge in [-0.15, -0.1) is 0 Å². The van der Waals surface area contributed by atoms with E-state index >= 15 is 0 Å². The largest absolute Gasteiger partial charge is 0.398 e. The predicted molar refractivity (Wildman–Crippen MR) is 58.3 cm³/mol. The maximum absolute atomic E-state index is 11.5. The minimum absolute atomic E-state index is 0.0103. The van der Waals surface area contributed by atoms with Crippen molar-refractivity contribution in [1.29, 1.82) is 5.26 Å². The first-order valence-electron chi connectivity index (χ1n) is 4.08. The van der Waals surface area contributed by atoms with E-state index in [2.05, 4.69) is 15.9 Å². The number of carbonyl (C=O) groups excluding carboxylic acids is 1. The second-order valence-corrected chi connectivity index (χ2v) is 3.57. The Kier molecular flexibility index (Phi) is 3.66. The van der Waals surface area contributed by atoms with Gasteiger partial charge in [0.05, 0.1) is 11.6 Å². The van der Waals surface area contributed by atoms with Crippen LogP contribution in [0.1, 0.15) is 22.3 Å². The highest BCUT2D eigenvalue weighted by Crippen LogP contribution is 2.16. The van der Waals surface area contributed by atoms with E-state index in [4.69, 9.17) is 11.0 Å². The van der Waals surface area contributed by atoms with Gasteiger partial charge in [-0.3, -0.25) is 4.79 Å². The summed E-state index contributed by atoms with van der Waals surface area (Å²) in [6.45, 7) is 0. The Bertz CT molecular complexity index is 396. The van der Waals surface area contributed by atoms with E-state index in [0.717, 1.165) is 0 Å². The number of hydrogen-bond acceptors (Lipinski definition) is 3. The van der Waals surface area contributed by atoms with E-state index in [1.807, 2.05) is 6.07 Å². The number of benzene rings is 1. The predicted octanol–water partition coefficient (Wildman–Crippen LogP) is 2.11. The van der Waals surface area contributed by atoms with Crippen LogP contribution in [-0.4, -0.2) is 11.1 Å². The van der Waals surface area contributed by atoms with Crippen molar-refractivity contribution in [2.45, 2.75) is 6.42 Å². The standard InChI is InChI=1S/C10H9BrN2O/c11-4-3-10(14)8-2-1-7(6-12)5-9(8)13/h1-2,5H,3-4,13H2. The number of carbonyl (C=O) groups is 1. The van der Waals surface area contributed by atoms with Gasteiger partial charge in [0.2, 0.25) is 0 Å². The average molecular weight is 253 g/mol. The van der Waals surface area contributed by atoms with E-state index in [-0.39, 0.29) is 5.78 Å². The van der Waals surface area contributed by atoms with Gasteiger partial charge in [0.15, 0.2) is 5.78 Å². The van der Waals surface area contributed by atoms with E-state index < -0.39 is 0 Å². The van der Waals surface area contributed by atoms with Crippen LogP contribution in [0.2, 0.25) is 0 Å². The normalized spacial score (nSPS) is 9.43. The summed E-state index contributed by atoms with van der Waals surface area (Å²) in [6.07, 6.45) is 0.413. The molecule has 0 radical (unpaired) electrons. The molecule has 0 aliphatic heterocycles. The maximum Gasteiger partial charge on any atom is 0.165 e. The number of nitriles is 1. The summed E-state index contributed by atoms with van der Waals surface area (Å²) in [5, 5.41) is 9.21. The second-order valence-electron chi connectivity index (χ2n) is 2.78. The fraction of sp³-hybridized carbons (Fsp3) is 0.200. The zero-order valence-electron chi connectivity index (χ0n) is 7.46. The summed E-state index contributed by atoms with van der Waals surface area (Å²) in [4.78, 5) is 11.5. The first-order valence-corrected chi connectivity index (χ1v) is 5.20. The van der Waals surface area contributed by atoms with Crippen LogP contribution >= 0.6 is 15.9 Å². The van der Waals surface area contributed by atoms with E-state index in [9.17, 15) is 4.79 Å². The van der Waals surface area contributed by atoms with E-state index in [1.54, 1.807) is 12.1 Å². The van der Waals surface area contributed by atoms with Crippen molar-refractivity contribution in [3.8, 4) is 6.07 Å². The van der Waals surface area contributed by atoms with Gasteiger partial charge < -0.3 is 5.73 Å². The number of rotatable bonds is 3. The Morgan fingerprint density at radius 3 is 2.79 bits per heavy atom. The molecule has 0 atom stereocenters. The second kappa shape index (κ2) is 4.77. The zero-order valence-corrected chi connectivity index (χ0v) is 9.04. The summed E-state index contributed by atoms with van der Waals surface area (Å²) in [5.41, 5.74) is 6.97. The van der Waals surface area contributed by atoms with Crippen molar-refractivity contribution in [1.82, 2.24) is 0 Å². The van der Waals surface area contributed by atoms with Crippen LogP contribution in [0.25, 0.3) is 0 Å². The average Bonchev–Trinajstić information content (AvgIpc) is 2.17. The van der Waals surface area contributed by atoms with Crippen LogP contribution in [-0.2, 0) is 0 Å². The number of halogens is 1. The summed E-state index contributed by atoms with van der Waals surface area (Å²) >= 11 is 3.19. The molecule has 0 aliphatic rings. The zero-order chi connectivity index (χ0) is 10.6. The van der Waals surface area contributed by atoms with Gasteiger partial charge in [-0.05, 0) is 18.2 Å². The van der Waals surface area contributed by atoms with Crippen molar-refractivity contribution in [2.75, 3.05) is 11.1 Å². The van der Waals surface area contributed by atoms with Crippen LogP contribution in [0, 0.1) is 11.3 Å². The van der Waals surface area contributed by atoms with Gasteiger partial charge in [0.1, 0.15) is 0 Å². The van der Waals surface area contributed by atoms with Gasteiger partial charge in [-0.2, -0.15) is 5.26 Å². The molecule has 0 unspecified atom stereocenters. The molecule has 0 aromatic heterocycles. The fourth-order valence-electron chi connectivity index (χ4n) is 1.11. The lowest BCUT2D eigenvalue weighted by Gasteiger charge is -2.03. The van der Waals surface area contributed by atoms with Crippen LogP contribution in [0.3, 0.4) is 0 Å². The third-order valence-corrected chi connectivity index (χ3v) is 2.20. The Morgan fingerprint density at radius 2 is 2.29 bits per heavy atom. The molecule has 72 valence electrons. The monoisotopic (exact) mass is 252 g/mol. The molecule has 0 saturated heterocycles. The van der Waals surface area contributed by atoms with Crippen molar-refractivity contribution in [3.05, 3.63) is 29.3 Å². The summed E-state index contributed by atoms with van der Waals surface area (Å²) in [6, 6.07) is 6.67. The summed E-state index contributed by atoms with van der Waals surface area (Å²) in [7, 11) is 0. The molecule has 3 nitrogen and oxygen atoms in total. The van der Waals surface area contributed by atoms with Gasteiger partial charge in [-0.1, -0.05) is 15.9 Å². The number of alkyl halides is 1. The Hall–Kier alpha value is -1.34. The van der Waals surface area contributed by atoms with Crippen LogP contribution in [0.5, 0.6) is 0 Å². The highest BCUT2D eigenvalue weighted by atomic mass is 79.9. The highest BCUT2D eigenvalue weighted by molar-refractivity contribution is 9.09. The third-order valence-electron chi connectivity index (χ3n) is 1.80. The van der Waals surface area contributed by atoms with Crippen LogP contribution in [0.4, 0.5) is 5.69 Å². The van der Waals surface area contributed by atoms with Crippen LogP contribution in [0.15, 0.2) is 18.2 Å². The Balaban J connectivity index is 3.01. The number of nitrogens with two attached hydrogens (primary N) is 1. The number of ketones is 1. The molecule has 0 saturated carbocycles. The van der Waals surface area contributed by atoms with Crippen molar-refractivity contribution in [3.63, 3.8) is 0 Å². The maximum atomic E-state index is 11.5. The lowest BCUT2D eigenvalue weighted by Crippen LogP contribution is -2.04. The van der Waals surface area contributed by atoms with Crippen molar-refractivity contribution < 1.29 is 4.79 Å². The number of nitrogens with zero attached hydrogens (tertiary/aromatic N) is 1. The van der Waals surface area contributed by atoms with Gasteiger partial charge in [0, 0.05) is 23.0 Å². The summed E-state index contributed by atoms with van der Waals surface area (Å²) < 4.78 is 0. The third kappa shape index (κ3) is 2.33. The molecule has 0 fully saturated rings. The smallest absolute Gasteiger partial charge is 0.165 e. The van der Waals surface area contributed by atoms with Gasteiger partial charge in [0.25, 0.3) is 0 Å². The number of hydrogen-bond donors (Lipinski definition) is 1. The van der Waals surface area contributed by atoms with Gasteiger partial charge in [-0.25, -0.2) is 0 Å². The Labute approximate surface area is 90.7 Å². The molecular weight excluding hydrogens is 244 g/mol. The van der Waals surface area contributed by atoms with Crippen molar-refractivity contribution in [2.24, 2.45) is 0 Å². The molecular formula is C10H9BrN2O. The molecule has 0 aliphatic carbocycles. The lowest BCUT2D eigenvalue weighted by molar-refractivity contribution is 0.0990. The number of Topliss-reactive ketones (excluding diaryl/α,β-unsaturated/α-hetero) is 1. The van der Waals surface area contributed by atoms with E-state index in [0.29, 0.717) is 28.6 Å². The van der Waals surface area contributed by atoms with Crippen molar-refractivity contribution >= 4 is 27.4 Å². The molecule has 14 heavy (non-hydrogen) atoms. The first kappa shape index (κ1) is 10.7. The Morgan fingerprint density at radius 1 is 1.57 bits per heavy atom. The SMILES string of the molecule is N#Cc1ccc(C(=O)CCBr)c(N)c1. The number of anilines is 1. The fourth-order valence-corrected chi connectivity index (χ4v) is 1.47. The minimum Gasteiger partial charge on any atom is -0.398 e. The lowest BCUT2D eigenvalue weighted by atomic mass is 10.0. The van der Waals surface area contributed by atoms with E-state index in [1.165, 1.54) is 6.07 Å². The molecule has 2 N–H and O–H groups in total. The first-order chi connectivity index (χ1) is 6.69. The summed E-state index contributed by atoms with van der Waals surface area (Å²) in [5.74, 6) is -0.0103. The molecule has 1 aromatic carbocycles.